The van der Waals surface area contributed by atoms with Crippen LogP contribution in [0.15, 0.2) is 54.7 Å². The van der Waals surface area contributed by atoms with Crippen molar-refractivity contribution in [3.8, 4) is 11.1 Å². The lowest BCUT2D eigenvalue weighted by Gasteiger charge is -2.16. The number of aliphatic carboxylic acids is 1. The van der Waals surface area contributed by atoms with Gasteiger partial charge in [0.1, 0.15) is 24.0 Å². The van der Waals surface area contributed by atoms with Gasteiger partial charge in [-0.2, -0.15) is 5.10 Å². The number of amides is 2. The van der Waals surface area contributed by atoms with Gasteiger partial charge in [0.15, 0.2) is 0 Å². The predicted octanol–water partition coefficient (Wildman–Crippen LogP) is 3.76. The third-order valence-electron chi connectivity index (χ3n) is 5.93. The largest absolute Gasteiger partial charge is 0.480 e. The van der Waals surface area contributed by atoms with Gasteiger partial charge in [-0.05, 0) is 28.7 Å². The minimum absolute atomic E-state index is 0.0540. The van der Waals surface area contributed by atoms with Crippen LogP contribution in [0.5, 0.6) is 0 Å². The number of hydrogen-bond acceptors (Lipinski definition) is 5. The molecule has 0 radical (unpaired) electrons. The summed E-state index contributed by atoms with van der Waals surface area (Å²) < 4.78 is 6.87. The minimum Gasteiger partial charge on any atom is -0.480 e. The molecule has 1 aliphatic rings. The van der Waals surface area contributed by atoms with Crippen molar-refractivity contribution < 1.29 is 24.2 Å². The van der Waals surface area contributed by atoms with Crippen LogP contribution in [0.3, 0.4) is 0 Å². The van der Waals surface area contributed by atoms with Gasteiger partial charge >= 0.3 is 12.1 Å². The maximum absolute atomic E-state index is 12.7. The highest BCUT2D eigenvalue weighted by atomic mass is 16.5. The number of nitrogens with zero attached hydrogens (tertiary/aromatic N) is 2. The number of aryl methyl sites for hydroxylation is 1. The molecule has 3 N–H and O–H groups in total. The molecule has 2 amide bonds. The summed E-state index contributed by atoms with van der Waals surface area (Å²) in [5.41, 5.74) is 4.48. The molecule has 1 aliphatic carbocycles. The summed E-state index contributed by atoms with van der Waals surface area (Å²) in [6.07, 6.45) is 1.42. The molecule has 0 saturated carbocycles. The smallest absolute Gasteiger partial charge is 0.412 e. The van der Waals surface area contributed by atoms with Gasteiger partial charge < -0.3 is 15.2 Å². The topological polar surface area (TPSA) is 123 Å². The van der Waals surface area contributed by atoms with E-state index in [1.807, 2.05) is 43.3 Å². The molecular formula is C25H26N4O5. The van der Waals surface area contributed by atoms with Gasteiger partial charge in [-0.1, -0.05) is 61.9 Å². The van der Waals surface area contributed by atoms with Gasteiger partial charge in [0.2, 0.25) is 0 Å². The molecule has 1 unspecified atom stereocenters. The molecule has 0 spiro atoms. The number of carboxylic acids is 1. The number of ether oxygens (including phenoxy) is 1. The SMILES string of the molecule is CCCC(NC(=O)c1cnn(C)c1NC(=O)OCC1c2ccccc2-c2ccccc21)C(=O)O. The first-order valence-electron chi connectivity index (χ1n) is 11.1. The third-order valence-corrected chi connectivity index (χ3v) is 5.93. The Kier molecular flexibility index (Phi) is 6.62. The van der Waals surface area contributed by atoms with E-state index in [1.54, 1.807) is 7.05 Å². The number of rotatable bonds is 8. The number of nitrogens with one attached hydrogen (secondary N) is 2. The Hall–Kier alpha value is -4.14. The summed E-state index contributed by atoms with van der Waals surface area (Å²) >= 11 is 0. The van der Waals surface area contributed by atoms with Crippen molar-refractivity contribution in [3.63, 3.8) is 0 Å². The van der Waals surface area contributed by atoms with Crippen LogP contribution >= 0.6 is 0 Å². The van der Waals surface area contributed by atoms with E-state index in [4.69, 9.17) is 4.74 Å². The van der Waals surface area contributed by atoms with Crippen LogP contribution in [0.25, 0.3) is 11.1 Å². The summed E-state index contributed by atoms with van der Waals surface area (Å²) in [4.78, 5) is 36.7. The van der Waals surface area contributed by atoms with Gasteiger partial charge in [-0.3, -0.25) is 14.8 Å². The summed E-state index contributed by atoms with van der Waals surface area (Å²) in [6, 6.07) is 15.0. The first kappa shape index (κ1) is 23.0. The summed E-state index contributed by atoms with van der Waals surface area (Å²) in [7, 11) is 1.57. The molecule has 2 aromatic carbocycles. The van der Waals surface area contributed by atoms with Crippen LogP contribution in [0.1, 0.15) is 47.2 Å². The Morgan fingerprint density at radius 2 is 1.71 bits per heavy atom. The lowest BCUT2D eigenvalue weighted by molar-refractivity contribution is -0.139. The predicted molar refractivity (Wildman–Crippen MR) is 126 cm³/mol. The fourth-order valence-electron chi connectivity index (χ4n) is 4.27. The Labute approximate surface area is 196 Å². The summed E-state index contributed by atoms with van der Waals surface area (Å²) in [5.74, 6) is -1.73. The number of aromatic nitrogens is 2. The van der Waals surface area contributed by atoms with E-state index in [9.17, 15) is 19.5 Å². The average molecular weight is 463 g/mol. The number of fused-ring (bicyclic) bond motifs is 3. The Morgan fingerprint density at radius 1 is 1.09 bits per heavy atom. The standard InChI is InChI=1S/C25H26N4O5/c1-3-8-21(24(31)32)27-23(30)19-13-26-29(2)22(19)28-25(33)34-14-20-17-11-6-4-9-15(17)16-10-5-7-12-18(16)20/h4-7,9-13,20-21H,3,8,14H2,1-2H3,(H,27,30)(H,28,33)(H,31,32). The van der Waals surface area contributed by atoms with Gasteiger partial charge in [0.25, 0.3) is 5.91 Å². The maximum atomic E-state index is 12.7. The second-order valence-electron chi connectivity index (χ2n) is 8.13. The van der Waals surface area contributed by atoms with Crippen molar-refractivity contribution >= 4 is 23.8 Å². The van der Waals surface area contributed by atoms with Crippen LogP contribution in [-0.4, -0.2) is 45.5 Å². The van der Waals surface area contributed by atoms with Crippen LogP contribution in [-0.2, 0) is 16.6 Å². The third kappa shape index (κ3) is 4.50. The monoisotopic (exact) mass is 462 g/mol. The van der Waals surface area contributed by atoms with E-state index in [1.165, 1.54) is 10.9 Å². The lowest BCUT2D eigenvalue weighted by Crippen LogP contribution is -2.40. The van der Waals surface area contributed by atoms with Crippen LogP contribution < -0.4 is 10.6 Å². The van der Waals surface area contributed by atoms with Crippen molar-refractivity contribution in [2.75, 3.05) is 11.9 Å². The molecular weight excluding hydrogens is 436 g/mol. The van der Waals surface area contributed by atoms with Crippen molar-refractivity contribution in [3.05, 3.63) is 71.4 Å². The van der Waals surface area contributed by atoms with E-state index in [-0.39, 0.29) is 30.3 Å². The second kappa shape index (κ2) is 9.78. The molecule has 0 fully saturated rings. The molecule has 4 rings (SSSR count). The molecule has 0 bridgehead atoms. The Bertz CT molecular complexity index is 1190. The quantitative estimate of drug-likeness (QED) is 0.468. The zero-order valence-electron chi connectivity index (χ0n) is 18.9. The lowest BCUT2D eigenvalue weighted by atomic mass is 9.98. The van der Waals surface area contributed by atoms with Gasteiger partial charge in [0.05, 0.1) is 6.20 Å². The second-order valence-corrected chi connectivity index (χ2v) is 8.13. The first-order valence-corrected chi connectivity index (χ1v) is 11.1. The Morgan fingerprint density at radius 3 is 2.29 bits per heavy atom. The number of carbonyl (C=O) groups excluding carboxylic acids is 2. The van der Waals surface area contributed by atoms with E-state index in [2.05, 4.69) is 27.9 Å². The summed E-state index contributed by atoms with van der Waals surface area (Å²) in [6.45, 7) is 1.95. The molecule has 1 aromatic heterocycles. The van der Waals surface area contributed by atoms with E-state index >= 15 is 0 Å². The van der Waals surface area contributed by atoms with Crippen molar-refractivity contribution in [1.82, 2.24) is 15.1 Å². The average Bonchev–Trinajstić information content (AvgIpc) is 3.35. The number of carboxylic acid groups (broad SMARTS) is 1. The molecule has 3 aromatic rings. The normalized spacial score (nSPS) is 13.0. The van der Waals surface area contributed by atoms with E-state index < -0.39 is 24.0 Å². The minimum atomic E-state index is -1.12. The molecule has 34 heavy (non-hydrogen) atoms. The van der Waals surface area contributed by atoms with Gasteiger partial charge in [-0.25, -0.2) is 9.59 Å². The highest BCUT2D eigenvalue weighted by molar-refractivity contribution is 6.02. The van der Waals surface area contributed by atoms with Gasteiger partial charge in [0, 0.05) is 13.0 Å². The molecule has 0 saturated heterocycles. The molecule has 9 heteroatoms. The molecule has 1 atom stereocenters. The fourth-order valence-corrected chi connectivity index (χ4v) is 4.27. The van der Waals surface area contributed by atoms with E-state index in [0.717, 1.165) is 22.3 Å². The van der Waals surface area contributed by atoms with Crippen LogP contribution in [0.4, 0.5) is 10.6 Å². The molecule has 0 aliphatic heterocycles. The zero-order valence-corrected chi connectivity index (χ0v) is 18.9. The maximum Gasteiger partial charge on any atom is 0.412 e. The molecule has 176 valence electrons. The first-order chi connectivity index (χ1) is 16.4. The number of anilines is 1. The molecule has 1 heterocycles. The van der Waals surface area contributed by atoms with Gasteiger partial charge in [-0.15, -0.1) is 0 Å². The number of carbonyl (C=O) groups is 3. The fraction of sp³-hybridized carbons (Fsp3) is 0.280. The van der Waals surface area contributed by atoms with Crippen LogP contribution in [0, 0.1) is 0 Å². The highest BCUT2D eigenvalue weighted by Gasteiger charge is 2.29. The van der Waals surface area contributed by atoms with Crippen molar-refractivity contribution in [2.45, 2.75) is 31.7 Å². The number of benzene rings is 2. The zero-order chi connectivity index (χ0) is 24.2. The number of hydrogen-bond donors (Lipinski definition) is 3. The summed E-state index contributed by atoms with van der Waals surface area (Å²) in [5, 5.41) is 18.4. The molecule has 9 nitrogen and oxygen atoms in total. The highest BCUT2D eigenvalue weighted by Crippen LogP contribution is 2.44. The van der Waals surface area contributed by atoms with Crippen LogP contribution in [0.2, 0.25) is 0 Å². The van der Waals surface area contributed by atoms with Crippen molar-refractivity contribution in [1.29, 1.82) is 0 Å². The van der Waals surface area contributed by atoms with Crippen molar-refractivity contribution in [2.24, 2.45) is 7.05 Å². The Balaban J connectivity index is 1.45. The van der Waals surface area contributed by atoms with E-state index in [0.29, 0.717) is 6.42 Å².